The van der Waals surface area contributed by atoms with Crippen LogP contribution in [-0.2, 0) is 0 Å². The number of nitriles is 1. The summed E-state index contributed by atoms with van der Waals surface area (Å²) in [4.78, 5) is 12.5. The van der Waals surface area contributed by atoms with E-state index in [4.69, 9.17) is 15.2 Å². The zero-order valence-electron chi connectivity index (χ0n) is 15.4. The molecule has 7 heteroatoms. The summed E-state index contributed by atoms with van der Waals surface area (Å²) in [6.45, 7) is 0. The van der Waals surface area contributed by atoms with Crippen molar-refractivity contribution in [2.24, 2.45) is 5.73 Å². The quantitative estimate of drug-likeness (QED) is 0.434. The molecule has 0 aromatic heterocycles. The van der Waals surface area contributed by atoms with Gasteiger partial charge in [0.15, 0.2) is 0 Å². The summed E-state index contributed by atoms with van der Waals surface area (Å²) in [6.07, 6.45) is 0. The molecular formula is C23H14BrFN2O3. The summed E-state index contributed by atoms with van der Waals surface area (Å²) in [7, 11) is 0. The van der Waals surface area contributed by atoms with Crippen LogP contribution in [0, 0.1) is 17.1 Å². The minimum atomic E-state index is -0.533. The Labute approximate surface area is 180 Å². The highest BCUT2D eigenvalue weighted by Gasteiger charge is 2.31. The molecule has 0 radical (unpaired) electrons. The highest BCUT2D eigenvalue weighted by molar-refractivity contribution is 9.10. The lowest BCUT2D eigenvalue weighted by atomic mass is 9.83. The van der Waals surface area contributed by atoms with Gasteiger partial charge in [0.25, 0.3) is 0 Å². The first-order chi connectivity index (χ1) is 14.5. The first-order valence-electron chi connectivity index (χ1n) is 8.91. The van der Waals surface area contributed by atoms with E-state index in [2.05, 4.69) is 22.0 Å². The van der Waals surface area contributed by atoms with E-state index in [9.17, 15) is 14.4 Å². The number of hydrogen-bond donors (Lipinski definition) is 1. The highest BCUT2D eigenvalue weighted by Crippen LogP contribution is 2.43. The number of rotatable bonds is 3. The minimum Gasteiger partial charge on any atom is -0.440 e. The molecule has 1 aliphatic heterocycles. The largest absolute Gasteiger partial charge is 0.440 e. The Bertz CT molecular complexity index is 1220. The monoisotopic (exact) mass is 464 g/mol. The summed E-state index contributed by atoms with van der Waals surface area (Å²) in [5.74, 6) is -0.856. The standard InChI is InChI=1S/C23H14BrFN2O3/c24-19-4-2-1-3-16(19)23(28)29-15-9-10-17-20(11-15)30-22(27)18(12-26)21(17)13-5-7-14(25)8-6-13/h1-11,21H,27H2. The number of fused-ring (bicyclic) bond motifs is 1. The number of carbonyl (C=O) groups is 1. The molecule has 0 amide bonds. The number of allylic oxidation sites excluding steroid dienone is 1. The third-order valence-corrected chi connectivity index (χ3v) is 5.39. The lowest BCUT2D eigenvalue weighted by Crippen LogP contribution is -2.21. The number of halogens is 2. The molecule has 3 aromatic rings. The molecule has 5 nitrogen and oxygen atoms in total. The van der Waals surface area contributed by atoms with Crippen LogP contribution in [0.3, 0.4) is 0 Å². The Balaban J connectivity index is 1.70. The van der Waals surface area contributed by atoms with Crippen LogP contribution >= 0.6 is 15.9 Å². The van der Waals surface area contributed by atoms with Crippen LogP contribution in [0.1, 0.15) is 27.4 Å². The van der Waals surface area contributed by atoms with E-state index >= 15 is 0 Å². The summed E-state index contributed by atoms with van der Waals surface area (Å²) in [5.41, 5.74) is 7.93. The average Bonchev–Trinajstić information content (AvgIpc) is 2.73. The fourth-order valence-corrected chi connectivity index (χ4v) is 3.73. The number of nitrogens with two attached hydrogens (primary N) is 1. The van der Waals surface area contributed by atoms with Gasteiger partial charge in [0.05, 0.1) is 11.5 Å². The van der Waals surface area contributed by atoms with Gasteiger partial charge in [-0.25, -0.2) is 9.18 Å². The van der Waals surface area contributed by atoms with E-state index in [1.54, 1.807) is 54.6 Å². The number of esters is 1. The maximum Gasteiger partial charge on any atom is 0.344 e. The van der Waals surface area contributed by atoms with Crippen LogP contribution in [0.15, 0.2) is 82.7 Å². The van der Waals surface area contributed by atoms with Gasteiger partial charge in [-0.1, -0.05) is 30.3 Å². The molecule has 0 saturated carbocycles. The number of carbonyl (C=O) groups excluding carboxylic acids is 1. The topological polar surface area (TPSA) is 85.3 Å². The van der Waals surface area contributed by atoms with Crippen molar-refractivity contribution in [3.8, 4) is 17.6 Å². The van der Waals surface area contributed by atoms with Crippen LogP contribution in [0.25, 0.3) is 0 Å². The van der Waals surface area contributed by atoms with Crippen molar-refractivity contribution in [2.75, 3.05) is 0 Å². The van der Waals surface area contributed by atoms with Gasteiger partial charge >= 0.3 is 5.97 Å². The first-order valence-corrected chi connectivity index (χ1v) is 9.71. The van der Waals surface area contributed by atoms with Crippen molar-refractivity contribution in [1.82, 2.24) is 0 Å². The average molecular weight is 465 g/mol. The molecule has 0 saturated heterocycles. The van der Waals surface area contributed by atoms with Crippen molar-refractivity contribution in [3.63, 3.8) is 0 Å². The number of hydrogen-bond acceptors (Lipinski definition) is 5. The Hall–Kier alpha value is -3.63. The second-order valence-electron chi connectivity index (χ2n) is 6.55. The van der Waals surface area contributed by atoms with Gasteiger partial charge in [-0.2, -0.15) is 5.26 Å². The van der Waals surface area contributed by atoms with E-state index in [1.807, 2.05) is 0 Å². The summed E-state index contributed by atoms with van der Waals surface area (Å²) in [6, 6.07) is 19.7. The predicted octanol–water partition coefficient (Wildman–Crippen LogP) is 5.03. The number of nitrogens with zero attached hydrogens (tertiary/aromatic N) is 1. The maximum atomic E-state index is 13.4. The molecule has 2 N–H and O–H groups in total. The summed E-state index contributed by atoms with van der Waals surface area (Å²) < 4.78 is 25.1. The lowest BCUT2D eigenvalue weighted by Gasteiger charge is -2.26. The fraction of sp³-hybridized carbons (Fsp3) is 0.0435. The Kier molecular flexibility index (Phi) is 5.25. The van der Waals surface area contributed by atoms with E-state index in [0.29, 0.717) is 26.9 Å². The first kappa shape index (κ1) is 19.7. The molecule has 0 bridgehead atoms. The summed E-state index contributed by atoms with van der Waals surface area (Å²) in [5, 5.41) is 9.58. The second kappa shape index (κ2) is 8.01. The Morgan fingerprint density at radius 3 is 2.57 bits per heavy atom. The van der Waals surface area contributed by atoms with Crippen LogP contribution in [0.4, 0.5) is 4.39 Å². The lowest BCUT2D eigenvalue weighted by molar-refractivity contribution is 0.0733. The fourth-order valence-electron chi connectivity index (χ4n) is 3.29. The van der Waals surface area contributed by atoms with Crippen LogP contribution < -0.4 is 15.2 Å². The van der Waals surface area contributed by atoms with Gasteiger partial charge in [-0.3, -0.25) is 0 Å². The second-order valence-corrected chi connectivity index (χ2v) is 7.40. The van der Waals surface area contributed by atoms with Gasteiger partial charge in [-0.05, 0) is 51.8 Å². The molecule has 1 heterocycles. The smallest absolute Gasteiger partial charge is 0.344 e. The molecule has 1 unspecified atom stereocenters. The summed E-state index contributed by atoms with van der Waals surface area (Å²) >= 11 is 3.33. The molecule has 0 spiro atoms. The van der Waals surface area contributed by atoms with Crippen LogP contribution in [0.2, 0.25) is 0 Å². The Morgan fingerprint density at radius 1 is 1.13 bits per heavy atom. The van der Waals surface area contributed by atoms with Crippen molar-refractivity contribution < 1.29 is 18.7 Å². The zero-order valence-corrected chi connectivity index (χ0v) is 17.0. The number of benzene rings is 3. The van der Waals surface area contributed by atoms with Gasteiger partial charge in [-0.15, -0.1) is 0 Å². The normalized spacial score (nSPS) is 15.0. The molecule has 0 aliphatic carbocycles. The van der Waals surface area contributed by atoms with E-state index in [0.717, 1.165) is 0 Å². The zero-order chi connectivity index (χ0) is 21.3. The molecular weight excluding hydrogens is 451 g/mol. The third-order valence-electron chi connectivity index (χ3n) is 4.70. The van der Waals surface area contributed by atoms with Crippen LogP contribution in [0.5, 0.6) is 11.5 Å². The predicted molar refractivity (Wildman–Crippen MR) is 111 cm³/mol. The van der Waals surface area contributed by atoms with E-state index in [1.165, 1.54) is 12.1 Å². The molecule has 148 valence electrons. The van der Waals surface area contributed by atoms with E-state index in [-0.39, 0.29) is 23.0 Å². The molecule has 30 heavy (non-hydrogen) atoms. The van der Waals surface area contributed by atoms with Crippen LogP contribution in [-0.4, -0.2) is 5.97 Å². The molecule has 4 rings (SSSR count). The van der Waals surface area contributed by atoms with Crippen molar-refractivity contribution >= 4 is 21.9 Å². The van der Waals surface area contributed by atoms with Crippen molar-refractivity contribution in [1.29, 1.82) is 5.26 Å². The Morgan fingerprint density at radius 2 is 1.87 bits per heavy atom. The van der Waals surface area contributed by atoms with Crippen molar-refractivity contribution in [2.45, 2.75) is 5.92 Å². The van der Waals surface area contributed by atoms with E-state index < -0.39 is 11.9 Å². The number of ether oxygens (including phenoxy) is 2. The maximum absolute atomic E-state index is 13.4. The van der Waals surface area contributed by atoms with Gasteiger partial charge in [0, 0.05) is 16.1 Å². The third kappa shape index (κ3) is 3.65. The molecule has 0 fully saturated rings. The molecule has 3 aromatic carbocycles. The minimum absolute atomic E-state index is 0.0476. The SMILES string of the molecule is N#CC1=C(N)Oc2cc(OC(=O)c3ccccc3Br)ccc2C1c1ccc(F)cc1. The van der Waals surface area contributed by atoms with Gasteiger partial charge in [0.2, 0.25) is 5.88 Å². The van der Waals surface area contributed by atoms with Crippen molar-refractivity contribution in [3.05, 3.63) is 105 Å². The molecule has 1 atom stereocenters. The molecule has 1 aliphatic rings. The van der Waals surface area contributed by atoms with Gasteiger partial charge < -0.3 is 15.2 Å². The highest BCUT2D eigenvalue weighted by atomic mass is 79.9. The van der Waals surface area contributed by atoms with Gasteiger partial charge in [0.1, 0.15) is 29.0 Å².